The predicted octanol–water partition coefficient (Wildman–Crippen LogP) is 4.93. The van der Waals surface area contributed by atoms with Crippen LogP contribution in [0.25, 0.3) is 10.9 Å². The molecule has 0 aliphatic heterocycles. The quantitative estimate of drug-likeness (QED) is 0.463. The number of nitrogens with one attached hydrogen (secondary N) is 1. The number of ether oxygens (including phenoxy) is 1. The number of benzene rings is 2. The Kier molecular flexibility index (Phi) is 5.17. The van der Waals surface area contributed by atoms with E-state index in [1.807, 2.05) is 6.07 Å². The molecule has 170 valence electrons. The second-order valence-corrected chi connectivity index (χ2v) is 7.24. The van der Waals surface area contributed by atoms with Crippen molar-refractivity contribution in [1.29, 1.82) is 5.26 Å². The first-order valence-corrected chi connectivity index (χ1v) is 10.1. The van der Waals surface area contributed by atoms with E-state index in [0.29, 0.717) is 5.52 Å². The van der Waals surface area contributed by atoms with Crippen LogP contribution in [0.3, 0.4) is 0 Å². The first kappa shape index (κ1) is 15.9. The zero-order valence-electron chi connectivity index (χ0n) is 25.7. The van der Waals surface area contributed by atoms with Gasteiger partial charge in [0.05, 0.1) is 30.2 Å². The minimum absolute atomic E-state index is 0.00921. The van der Waals surface area contributed by atoms with Gasteiger partial charge in [-0.2, -0.15) is 5.26 Å². The van der Waals surface area contributed by atoms with Gasteiger partial charge in [0.1, 0.15) is 17.6 Å². The normalized spacial score (nSPS) is 15.2. The number of fused-ring (bicyclic) bond motifs is 1. The van der Waals surface area contributed by atoms with Crippen molar-refractivity contribution in [1.82, 2.24) is 9.88 Å². The fourth-order valence-electron chi connectivity index (χ4n) is 3.01. The third-order valence-corrected chi connectivity index (χ3v) is 4.49. The maximum absolute atomic E-state index is 14.3. The molecule has 0 aliphatic rings. The number of rotatable bonds is 9. The average Bonchev–Trinajstić information content (AvgIpc) is 2.92. The van der Waals surface area contributed by atoms with E-state index in [4.69, 9.17) is 14.3 Å². The summed E-state index contributed by atoms with van der Waals surface area (Å²) in [6.07, 6.45) is 0.822. The van der Waals surface area contributed by atoms with Crippen LogP contribution < -0.4 is 10.1 Å². The van der Waals surface area contributed by atoms with E-state index in [-0.39, 0.29) is 51.9 Å². The van der Waals surface area contributed by atoms with Gasteiger partial charge >= 0.3 is 0 Å². The second kappa shape index (κ2) is 10.7. The Hall–Kier alpha value is -3.76. The number of pyridine rings is 1. The highest BCUT2D eigenvalue weighted by Gasteiger charge is 2.16. The standard InChI is InChI=1S/C26H27FN4O2/c1-5-33-25-14-24-22(13-18(25)12-21(32)7-6-10-31(3)4)26(19(15-28)16-29-24)30-20-8-9-23(27)17(2)11-20/h6-9,11,13-14,16H,5,10,12H2,1-4H3,(H,29,30)/b7-6+/i6D,7D,8D,9D,10D2,11D. The third-order valence-electron chi connectivity index (χ3n) is 4.49. The molecule has 0 amide bonds. The van der Waals surface area contributed by atoms with Gasteiger partial charge < -0.3 is 15.0 Å². The molecule has 0 saturated heterocycles. The summed E-state index contributed by atoms with van der Waals surface area (Å²) in [6.45, 7) is 0.891. The van der Waals surface area contributed by atoms with Crippen molar-refractivity contribution >= 4 is 28.1 Å². The molecule has 1 N–H and O–H groups in total. The maximum Gasteiger partial charge on any atom is 0.159 e. The molecule has 7 heteroatoms. The first-order valence-electron chi connectivity index (χ1n) is 13.6. The summed E-state index contributed by atoms with van der Waals surface area (Å²) in [5.74, 6) is -1.59. The fraction of sp³-hybridized carbons (Fsp3) is 0.269. The summed E-state index contributed by atoms with van der Waals surface area (Å²) in [6, 6.07) is 1.69. The maximum atomic E-state index is 14.3. The van der Waals surface area contributed by atoms with Gasteiger partial charge in [-0.1, -0.05) is 6.05 Å². The van der Waals surface area contributed by atoms with E-state index in [0.717, 1.165) is 4.90 Å². The monoisotopic (exact) mass is 453 g/mol. The van der Waals surface area contributed by atoms with Crippen LogP contribution in [0, 0.1) is 24.1 Å². The van der Waals surface area contributed by atoms with Crippen LogP contribution in [-0.4, -0.2) is 42.9 Å². The third kappa shape index (κ3) is 5.93. The highest BCUT2D eigenvalue weighted by Crippen LogP contribution is 2.34. The topological polar surface area (TPSA) is 78.2 Å². The van der Waals surface area contributed by atoms with Gasteiger partial charge in [-0.05, 0) is 63.8 Å². The molecular formula is C26H27FN4O2. The lowest BCUT2D eigenvalue weighted by molar-refractivity contribution is -0.114. The molecule has 33 heavy (non-hydrogen) atoms. The molecule has 2 aromatic carbocycles. The van der Waals surface area contributed by atoms with Crippen LogP contribution in [0.4, 0.5) is 15.8 Å². The van der Waals surface area contributed by atoms with Crippen LogP contribution in [0.15, 0.2) is 48.6 Å². The molecule has 1 aromatic heterocycles. The van der Waals surface area contributed by atoms with Gasteiger partial charge in [0, 0.05) is 44.6 Å². The van der Waals surface area contributed by atoms with Gasteiger partial charge in [-0.15, -0.1) is 0 Å². The molecule has 6 nitrogen and oxygen atoms in total. The molecule has 3 aromatic rings. The summed E-state index contributed by atoms with van der Waals surface area (Å²) >= 11 is 0. The van der Waals surface area contributed by atoms with Gasteiger partial charge in [0.25, 0.3) is 0 Å². The van der Waals surface area contributed by atoms with Crippen molar-refractivity contribution in [3.05, 3.63) is 71.1 Å². The minimum atomic E-state index is -2.35. The van der Waals surface area contributed by atoms with E-state index in [2.05, 4.69) is 10.3 Å². The van der Waals surface area contributed by atoms with Gasteiger partial charge in [0.2, 0.25) is 0 Å². The van der Waals surface area contributed by atoms with Crippen LogP contribution in [-0.2, 0) is 11.2 Å². The van der Waals surface area contributed by atoms with Gasteiger partial charge in [-0.3, -0.25) is 9.78 Å². The lowest BCUT2D eigenvalue weighted by atomic mass is 10.0. The number of allylic oxidation sites excluding steroid dienone is 1. The van der Waals surface area contributed by atoms with Crippen LogP contribution in [0.5, 0.6) is 5.75 Å². The van der Waals surface area contributed by atoms with E-state index in [1.54, 1.807) is 6.92 Å². The number of ketones is 1. The molecule has 1 heterocycles. The zero-order valence-corrected chi connectivity index (χ0v) is 18.7. The number of nitriles is 1. The van der Waals surface area contributed by atoms with Gasteiger partial charge in [0.15, 0.2) is 5.78 Å². The number of aromatic nitrogens is 1. The van der Waals surface area contributed by atoms with Crippen molar-refractivity contribution in [3.63, 3.8) is 0 Å². The van der Waals surface area contributed by atoms with E-state index in [9.17, 15) is 14.4 Å². The largest absolute Gasteiger partial charge is 0.494 e. The smallest absolute Gasteiger partial charge is 0.159 e. The number of hydrogen-bond donors (Lipinski definition) is 1. The number of anilines is 2. The number of carbonyl (C=O) groups excluding carboxylic acids is 1. The number of nitrogens with zero attached hydrogens (tertiary/aromatic N) is 3. The lowest BCUT2D eigenvalue weighted by Crippen LogP contribution is -2.11. The summed E-state index contributed by atoms with van der Waals surface area (Å²) < 4.78 is 76.6. The predicted molar refractivity (Wildman–Crippen MR) is 128 cm³/mol. The molecule has 0 aliphatic carbocycles. The van der Waals surface area contributed by atoms with Crippen molar-refractivity contribution in [3.8, 4) is 11.8 Å². The van der Waals surface area contributed by atoms with Crippen LogP contribution >= 0.6 is 0 Å². The molecule has 0 unspecified atom stereocenters. The Morgan fingerprint density at radius 3 is 2.94 bits per heavy atom. The molecule has 0 spiro atoms. The summed E-state index contributed by atoms with van der Waals surface area (Å²) in [7, 11) is 2.77. The van der Waals surface area contributed by atoms with Crippen molar-refractivity contribution in [2.45, 2.75) is 20.3 Å². The molecule has 0 saturated carbocycles. The first-order chi connectivity index (χ1) is 18.7. The Morgan fingerprint density at radius 2 is 2.24 bits per heavy atom. The summed E-state index contributed by atoms with van der Waals surface area (Å²) in [5, 5.41) is 12.9. The van der Waals surface area contributed by atoms with Crippen LogP contribution in [0.2, 0.25) is 0 Å². The molecule has 0 bridgehead atoms. The van der Waals surface area contributed by atoms with Crippen molar-refractivity contribution < 1.29 is 23.5 Å². The minimum Gasteiger partial charge on any atom is -0.494 e. The fourth-order valence-corrected chi connectivity index (χ4v) is 3.01. The van der Waals surface area contributed by atoms with Crippen LogP contribution in [0.1, 0.15) is 33.2 Å². The van der Waals surface area contributed by atoms with E-state index in [1.165, 1.54) is 39.3 Å². The number of halogens is 1. The highest BCUT2D eigenvalue weighted by atomic mass is 19.1. The van der Waals surface area contributed by atoms with E-state index < -0.39 is 48.7 Å². The Balaban J connectivity index is 2.23. The molecule has 0 atom stereocenters. The number of carbonyl (C=O) groups is 1. The van der Waals surface area contributed by atoms with E-state index >= 15 is 0 Å². The molecular weight excluding hydrogens is 419 g/mol. The zero-order chi connectivity index (χ0) is 30.1. The SMILES string of the molecule is [2H]/C(C(=O)Cc1cc2c(Nc3c([2H])c([2H])c(F)c(C)c3[2H])c(C#N)cnc2cc1OCC)=C(/[2H])C([2H])([2H])N(C)C. The van der Waals surface area contributed by atoms with Gasteiger partial charge in [-0.25, -0.2) is 4.39 Å². The highest BCUT2D eigenvalue weighted by molar-refractivity contribution is 5.98. The molecule has 0 fully saturated rings. The molecule has 3 rings (SSSR count). The number of likely N-dealkylation sites (N-methyl/N-ethyl adjacent to an activating group) is 1. The molecule has 0 radical (unpaired) electrons. The second-order valence-electron chi connectivity index (χ2n) is 7.24. The number of hydrogen-bond acceptors (Lipinski definition) is 6. The van der Waals surface area contributed by atoms with Crippen molar-refractivity contribution in [2.75, 3.05) is 32.5 Å². The Bertz CT molecular complexity index is 1560. The average molecular weight is 454 g/mol. The summed E-state index contributed by atoms with van der Waals surface area (Å²) in [4.78, 5) is 18.4. The summed E-state index contributed by atoms with van der Waals surface area (Å²) in [5.41, 5.74) is 0.342. The lowest BCUT2D eigenvalue weighted by Gasteiger charge is -2.15. The Morgan fingerprint density at radius 1 is 1.45 bits per heavy atom. The van der Waals surface area contributed by atoms with Crippen molar-refractivity contribution in [2.24, 2.45) is 0 Å². The Labute approximate surface area is 203 Å².